The number of rotatable bonds is 2. The first-order valence-electron chi connectivity index (χ1n) is 6.12. The molecule has 2 aromatic carbocycles. The molecule has 4 heteroatoms. The minimum atomic E-state index is 0.476. The third kappa shape index (κ3) is 2.16. The van der Waals surface area contributed by atoms with E-state index in [4.69, 9.17) is 23.2 Å². The second-order valence-corrected chi connectivity index (χ2v) is 5.30. The van der Waals surface area contributed by atoms with Gasteiger partial charge in [0.15, 0.2) is 0 Å². The van der Waals surface area contributed by atoms with E-state index in [0.717, 1.165) is 16.5 Å². The Balaban J connectivity index is 2.14. The summed E-state index contributed by atoms with van der Waals surface area (Å²) < 4.78 is 1.94. The van der Waals surface area contributed by atoms with Crippen LogP contribution in [0.25, 0.3) is 10.9 Å². The van der Waals surface area contributed by atoms with Crippen molar-refractivity contribution in [1.82, 2.24) is 4.57 Å². The summed E-state index contributed by atoms with van der Waals surface area (Å²) in [7, 11) is 0. The van der Waals surface area contributed by atoms with Gasteiger partial charge in [0.05, 0.1) is 11.1 Å². The molecule has 0 saturated carbocycles. The molecule has 20 heavy (non-hydrogen) atoms. The fourth-order valence-corrected chi connectivity index (χ4v) is 2.73. The summed E-state index contributed by atoms with van der Waals surface area (Å²) in [5.41, 5.74) is 2.57. The fraction of sp³-hybridized carbons (Fsp3) is 0.0625. The first kappa shape index (κ1) is 13.1. The normalized spacial score (nSPS) is 10.7. The number of nitriles is 1. The molecule has 0 bridgehead atoms. The molecule has 0 aliphatic rings. The molecule has 0 unspecified atom stereocenters. The standard InChI is InChI=1S/C16H10Cl2N2/c17-12-7-5-11(6-8-12)10-20-15-4-2-1-3-13(15)14(9-19)16(20)18/h1-8H,10H2. The van der Waals surface area contributed by atoms with Crippen LogP contribution in [0, 0.1) is 11.3 Å². The van der Waals surface area contributed by atoms with E-state index < -0.39 is 0 Å². The molecular weight excluding hydrogens is 291 g/mol. The van der Waals surface area contributed by atoms with Gasteiger partial charge in [0.25, 0.3) is 0 Å². The maximum Gasteiger partial charge on any atom is 0.128 e. The van der Waals surface area contributed by atoms with Crippen molar-refractivity contribution in [2.24, 2.45) is 0 Å². The van der Waals surface area contributed by atoms with Gasteiger partial charge in [0, 0.05) is 17.0 Å². The number of aromatic nitrogens is 1. The molecule has 2 nitrogen and oxygen atoms in total. The average molecular weight is 301 g/mol. The SMILES string of the molecule is N#Cc1c(Cl)n(Cc2ccc(Cl)cc2)c2ccccc12. The van der Waals surface area contributed by atoms with Gasteiger partial charge < -0.3 is 4.57 Å². The molecule has 0 spiro atoms. The summed E-state index contributed by atoms with van der Waals surface area (Å²) in [6.45, 7) is 0.609. The number of hydrogen-bond donors (Lipinski definition) is 0. The molecule has 0 fully saturated rings. The quantitative estimate of drug-likeness (QED) is 0.664. The number of benzene rings is 2. The predicted molar refractivity (Wildman–Crippen MR) is 82.2 cm³/mol. The molecule has 98 valence electrons. The zero-order valence-electron chi connectivity index (χ0n) is 10.5. The number of fused-ring (bicyclic) bond motifs is 1. The van der Waals surface area contributed by atoms with Crippen LogP contribution < -0.4 is 0 Å². The molecule has 0 N–H and O–H groups in total. The first-order chi connectivity index (χ1) is 9.70. The topological polar surface area (TPSA) is 28.7 Å². The van der Waals surface area contributed by atoms with Crippen LogP contribution in [0.1, 0.15) is 11.1 Å². The Hall–Kier alpha value is -1.95. The lowest BCUT2D eigenvalue weighted by Crippen LogP contribution is -1.99. The molecule has 0 atom stereocenters. The number of para-hydroxylation sites is 1. The Labute approximate surface area is 126 Å². The van der Waals surface area contributed by atoms with Gasteiger partial charge in [-0.05, 0) is 23.8 Å². The molecular formula is C16H10Cl2N2. The third-order valence-electron chi connectivity index (χ3n) is 3.27. The van der Waals surface area contributed by atoms with Crippen molar-refractivity contribution in [3.8, 4) is 6.07 Å². The minimum absolute atomic E-state index is 0.476. The third-order valence-corrected chi connectivity index (χ3v) is 3.92. The molecule has 0 aliphatic carbocycles. The van der Waals surface area contributed by atoms with E-state index in [2.05, 4.69) is 6.07 Å². The molecule has 3 rings (SSSR count). The Kier molecular flexibility index (Phi) is 3.40. The van der Waals surface area contributed by atoms with Gasteiger partial charge in [-0.15, -0.1) is 0 Å². The van der Waals surface area contributed by atoms with Crippen LogP contribution in [0.15, 0.2) is 48.5 Å². The minimum Gasteiger partial charge on any atom is -0.326 e. The highest BCUT2D eigenvalue weighted by Crippen LogP contribution is 2.30. The van der Waals surface area contributed by atoms with Crippen LogP contribution >= 0.6 is 23.2 Å². The van der Waals surface area contributed by atoms with Crippen LogP contribution in [0.2, 0.25) is 10.2 Å². The van der Waals surface area contributed by atoms with Crippen molar-refractivity contribution in [3.63, 3.8) is 0 Å². The second-order valence-electron chi connectivity index (χ2n) is 4.51. The zero-order valence-corrected chi connectivity index (χ0v) is 12.0. The van der Waals surface area contributed by atoms with Gasteiger partial charge in [-0.25, -0.2) is 0 Å². The van der Waals surface area contributed by atoms with Crippen molar-refractivity contribution >= 4 is 34.1 Å². The van der Waals surface area contributed by atoms with Crippen molar-refractivity contribution in [2.75, 3.05) is 0 Å². The Morgan fingerprint density at radius 3 is 2.40 bits per heavy atom. The number of hydrogen-bond acceptors (Lipinski definition) is 1. The van der Waals surface area contributed by atoms with Crippen molar-refractivity contribution in [3.05, 3.63) is 69.8 Å². The van der Waals surface area contributed by atoms with Gasteiger partial charge in [-0.3, -0.25) is 0 Å². The fourth-order valence-electron chi connectivity index (χ4n) is 2.31. The maximum atomic E-state index is 9.27. The van der Waals surface area contributed by atoms with Gasteiger partial charge >= 0.3 is 0 Å². The number of nitrogens with zero attached hydrogens (tertiary/aromatic N) is 2. The van der Waals surface area contributed by atoms with Crippen molar-refractivity contribution in [2.45, 2.75) is 6.54 Å². The van der Waals surface area contributed by atoms with E-state index in [1.54, 1.807) is 0 Å². The Morgan fingerprint density at radius 2 is 1.70 bits per heavy atom. The van der Waals surface area contributed by atoms with Gasteiger partial charge in [-0.2, -0.15) is 5.26 Å². The summed E-state index contributed by atoms with van der Waals surface area (Å²) in [4.78, 5) is 0. The predicted octanol–water partition coefficient (Wildman–Crippen LogP) is 4.87. The maximum absolute atomic E-state index is 9.27. The van der Waals surface area contributed by atoms with E-state index in [1.807, 2.05) is 53.1 Å². The summed E-state index contributed by atoms with van der Waals surface area (Å²) in [6, 6.07) is 17.5. The summed E-state index contributed by atoms with van der Waals surface area (Å²) in [6.07, 6.45) is 0. The lowest BCUT2D eigenvalue weighted by molar-refractivity contribution is 0.837. The largest absolute Gasteiger partial charge is 0.326 e. The van der Waals surface area contributed by atoms with Gasteiger partial charge in [0.2, 0.25) is 0 Å². The van der Waals surface area contributed by atoms with E-state index in [-0.39, 0.29) is 0 Å². The Bertz CT molecular complexity index is 811. The summed E-state index contributed by atoms with van der Waals surface area (Å²) >= 11 is 12.2. The molecule has 0 saturated heterocycles. The Morgan fingerprint density at radius 1 is 1.00 bits per heavy atom. The summed E-state index contributed by atoms with van der Waals surface area (Å²) in [5, 5.41) is 11.3. The van der Waals surface area contributed by atoms with E-state index in [1.165, 1.54) is 0 Å². The van der Waals surface area contributed by atoms with E-state index >= 15 is 0 Å². The molecule has 3 aromatic rings. The zero-order chi connectivity index (χ0) is 14.1. The van der Waals surface area contributed by atoms with E-state index in [0.29, 0.717) is 22.3 Å². The average Bonchev–Trinajstić information content (AvgIpc) is 2.74. The number of halogens is 2. The van der Waals surface area contributed by atoms with Crippen molar-refractivity contribution < 1.29 is 0 Å². The molecule has 0 aliphatic heterocycles. The molecule has 1 heterocycles. The van der Waals surface area contributed by atoms with Crippen LogP contribution in [0.3, 0.4) is 0 Å². The first-order valence-corrected chi connectivity index (χ1v) is 6.87. The van der Waals surface area contributed by atoms with Crippen LogP contribution in [0.5, 0.6) is 0 Å². The van der Waals surface area contributed by atoms with Crippen LogP contribution in [-0.4, -0.2) is 4.57 Å². The highest BCUT2D eigenvalue weighted by molar-refractivity contribution is 6.32. The highest BCUT2D eigenvalue weighted by Gasteiger charge is 2.14. The summed E-state index contributed by atoms with van der Waals surface area (Å²) in [5.74, 6) is 0. The van der Waals surface area contributed by atoms with E-state index in [9.17, 15) is 5.26 Å². The highest BCUT2D eigenvalue weighted by atomic mass is 35.5. The molecule has 1 aromatic heterocycles. The lowest BCUT2D eigenvalue weighted by Gasteiger charge is -2.07. The van der Waals surface area contributed by atoms with Crippen LogP contribution in [0.4, 0.5) is 0 Å². The van der Waals surface area contributed by atoms with Gasteiger partial charge in [0.1, 0.15) is 11.2 Å². The van der Waals surface area contributed by atoms with Gasteiger partial charge in [-0.1, -0.05) is 53.5 Å². The van der Waals surface area contributed by atoms with Crippen molar-refractivity contribution in [1.29, 1.82) is 5.26 Å². The second kappa shape index (κ2) is 5.20. The molecule has 0 amide bonds. The lowest BCUT2D eigenvalue weighted by atomic mass is 10.2. The van der Waals surface area contributed by atoms with Crippen LogP contribution in [-0.2, 0) is 6.54 Å². The molecule has 0 radical (unpaired) electrons. The smallest absolute Gasteiger partial charge is 0.128 e. The monoisotopic (exact) mass is 300 g/mol.